The van der Waals surface area contributed by atoms with Crippen LogP contribution in [-0.2, 0) is 6.54 Å². The van der Waals surface area contributed by atoms with Gasteiger partial charge in [0.1, 0.15) is 19.0 Å². The number of carbonyl (C=O) groups is 1. The number of rotatable bonds is 4. The molecule has 2 heterocycles. The third-order valence-electron chi connectivity index (χ3n) is 3.49. The Bertz CT molecular complexity index is 751. The molecule has 7 heteroatoms. The molecule has 2 N–H and O–H groups in total. The Morgan fingerprint density at radius 2 is 2.04 bits per heavy atom. The molecule has 0 saturated carbocycles. The summed E-state index contributed by atoms with van der Waals surface area (Å²) < 4.78 is 11.1. The molecule has 3 rings (SSSR count). The first-order chi connectivity index (χ1) is 11.0. The highest BCUT2D eigenvalue weighted by Gasteiger charge is 2.15. The molecule has 2 aromatic rings. The van der Waals surface area contributed by atoms with Crippen LogP contribution in [0.4, 0.5) is 5.82 Å². The molecule has 1 aliphatic rings. The van der Waals surface area contributed by atoms with Crippen LogP contribution in [0.15, 0.2) is 30.5 Å². The van der Waals surface area contributed by atoms with E-state index in [-0.39, 0.29) is 5.56 Å². The van der Waals surface area contributed by atoms with E-state index in [1.165, 1.54) is 12.3 Å². The minimum atomic E-state index is -0.555. The van der Waals surface area contributed by atoms with Gasteiger partial charge in [0.05, 0.1) is 10.6 Å². The normalized spacial score (nSPS) is 12.8. The van der Waals surface area contributed by atoms with Crippen molar-refractivity contribution in [3.8, 4) is 11.5 Å². The number of hydrogen-bond donors (Lipinski definition) is 1. The number of primary amides is 1. The van der Waals surface area contributed by atoms with Crippen molar-refractivity contribution in [2.45, 2.75) is 6.54 Å². The number of anilines is 1. The molecule has 1 aromatic heterocycles. The molecular weight excluding hydrogens is 318 g/mol. The largest absolute Gasteiger partial charge is 0.486 e. The number of aromatic nitrogens is 1. The fourth-order valence-electron chi connectivity index (χ4n) is 2.38. The van der Waals surface area contributed by atoms with Gasteiger partial charge >= 0.3 is 0 Å². The topological polar surface area (TPSA) is 77.7 Å². The Hall–Kier alpha value is -2.47. The van der Waals surface area contributed by atoms with Crippen molar-refractivity contribution in [3.05, 3.63) is 46.6 Å². The minimum Gasteiger partial charge on any atom is -0.486 e. The second kappa shape index (κ2) is 6.34. The number of benzene rings is 1. The summed E-state index contributed by atoms with van der Waals surface area (Å²) in [7, 11) is 1.87. The van der Waals surface area contributed by atoms with Crippen LogP contribution in [0.5, 0.6) is 11.5 Å². The van der Waals surface area contributed by atoms with Crippen molar-refractivity contribution < 1.29 is 14.3 Å². The molecule has 1 amide bonds. The van der Waals surface area contributed by atoms with E-state index in [9.17, 15) is 4.79 Å². The van der Waals surface area contributed by atoms with Crippen LogP contribution in [0.2, 0.25) is 5.02 Å². The van der Waals surface area contributed by atoms with Crippen molar-refractivity contribution in [2.24, 2.45) is 5.73 Å². The Balaban J connectivity index is 1.79. The summed E-state index contributed by atoms with van der Waals surface area (Å²) in [6.45, 7) is 1.70. The highest BCUT2D eigenvalue weighted by Crippen LogP contribution is 2.32. The number of fused-ring (bicyclic) bond motifs is 1. The first-order valence-electron chi connectivity index (χ1n) is 7.09. The third-order valence-corrected chi connectivity index (χ3v) is 3.77. The summed E-state index contributed by atoms with van der Waals surface area (Å²) in [5, 5.41) is 0.376. The average Bonchev–Trinajstić information content (AvgIpc) is 2.54. The summed E-state index contributed by atoms with van der Waals surface area (Å²) in [6, 6.07) is 7.32. The SMILES string of the molecule is CN(Cc1ccc2c(c1)OCCO2)c1ncc(C(N)=O)cc1Cl. The van der Waals surface area contributed by atoms with E-state index in [4.69, 9.17) is 26.8 Å². The van der Waals surface area contributed by atoms with Gasteiger partial charge in [-0.1, -0.05) is 17.7 Å². The number of ether oxygens (including phenoxy) is 2. The van der Waals surface area contributed by atoms with Crippen LogP contribution in [0.3, 0.4) is 0 Å². The summed E-state index contributed by atoms with van der Waals surface area (Å²) in [6.07, 6.45) is 1.42. The highest BCUT2D eigenvalue weighted by atomic mass is 35.5. The summed E-state index contributed by atoms with van der Waals surface area (Å²) in [4.78, 5) is 17.3. The van der Waals surface area contributed by atoms with Crippen molar-refractivity contribution in [2.75, 3.05) is 25.2 Å². The maximum atomic E-state index is 11.1. The van der Waals surface area contributed by atoms with Crippen LogP contribution in [0.1, 0.15) is 15.9 Å². The van der Waals surface area contributed by atoms with Gasteiger partial charge in [0.15, 0.2) is 11.5 Å². The van der Waals surface area contributed by atoms with Gasteiger partial charge in [-0.15, -0.1) is 0 Å². The van der Waals surface area contributed by atoms with E-state index in [0.29, 0.717) is 30.6 Å². The predicted octanol–water partition coefficient (Wildman–Crippen LogP) is 2.24. The van der Waals surface area contributed by atoms with Gasteiger partial charge < -0.3 is 20.1 Å². The van der Waals surface area contributed by atoms with Crippen LogP contribution in [0.25, 0.3) is 0 Å². The predicted molar refractivity (Wildman–Crippen MR) is 87.3 cm³/mol. The highest BCUT2D eigenvalue weighted by molar-refractivity contribution is 6.33. The molecule has 1 aromatic carbocycles. The molecule has 1 aliphatic heterocycles. The zero-order valence-corrected chi connectivity index (χ0v) is 13.3. The zero-order chi connectivity index (χ0) is 16.4. The first kappa shape index (κ1) is 15.4. The van der Waals surface area contributed by atoms with E-state index < -0.39 is 5.91 Å². The fourth-order valence-corrected chi connectivity index (χ4v) is 2.69. The lowest BCUT2D eigenvalue weighted by atomic mass is 10.2. The van der Waals surface area contributed by atoms with Gasteiger partial charge in [0.2, 0.25) is 5.91 Å². The van der Waals surface area contributed by atoms with E-state index in [1.54, 1.807) is 0 Å². The number of pyridine rings is 1. The lowest BCUT2D eigenvalue weighted by Gasteiger charge is -2.22. The van der Waals surface area contributed by atoms with Gasteiger partial charge in [-0.3, -0.25) is 4.79 Å². The monoisotopic (exact) mass is 333 g/mol. The van der Waals surface area contributed by atoms with Crippen LogP contribution >= 0.6 is 11.6 Å². The van der Waals surface area contributed by atoms with Crippen LogP contribution in [0, 0.1) is 0 Å². The molecule has 6 nitrogen and oxygen atoms in total. The number of amides is 1. The van der Waals surface area contributed by atoms with E-state index in [0.717, 1.165) is 17.1 Å². The molecule has 0 radical (unpaired) electrons. The Labute approximate surface area is 138 Å². The summed E-state index contributed by atoms with van der Waals surface area (Å²) in [5.41, 5.74) is 6.54. The molecular formula is C16H16ClN3O3. The van der Waals surface area contributed by atoms with Crippen molar-refractivity contribution in [1.29, 1.82) is 0 Å². The summed E-state index contributed by atoms with van der Waals surface area (Å²) >= 11 is 6.19. The van der Waals surface area contributed by atoms with Gasteiger partial charge in [-0.2, -0.15) is 0 Å². The number of carbonyl (C=O) groups excluding carboxylic acids is 1. The number of halogens is 1. The molecule has 0 fully saturated rings. The maximum Gasteiger partial charge on any atom is 0.250 e. The van der Waals surface area contributed by atoms with Crippen molar-refractivity contribution in [3.63, 3.8) is 0 Å². The molecule has 0 bridgehead atoms. The minimum absolute atomic E-state index is 0.284. The van der Waals surface area contributed by atoms with Crippen LogP contribution in [-0.4, -0.2) is 31.2 Å². The fraction of sp³-hybridized carbons (Fsp3) is 0.250. The number of nitrogens with zero attached hydrogens (tertiary/aromatic N) is 2. The molecule has 0 atom stereocenters. The molecule has 0 aliphatic carbocycles. The van der Waals surface area contributed by atoms with Crippen LogP contribution < -0.4 is 20.1 Å². The van der Waals surface area contributed by atoms with Crippen molar-refractivity contribution >= 4 is 23.3 Å². The maximum absolute atomic E-state index is 11.1. The van der Waals surface area contributed by atoms with Crippen molar-refractivity contribution in [1.82, 2.24) is 4.98 Å². The Morgan fingerprint density at radius 3 is 2.74 bits per heavy atom. The van der Waals surface area contributed by atoms with E-state index >= 15 is 0 Å². The second-order valence-electron chi connectivity index (χ2n) is 5.23. The van der Waals surface area contributed by atoms with E-state index in [1.807, 2.05) is 30.1 Å². The van der Waals surface area contributed by atoms with Gasteiger partial charge in [0.25, 0.3) is 0 Å². The lowest BCUT2D eigenvalue weighted by molar-refractivity contribution is 0.1000. The van der Waals surface area contributed by atoms with Gasteiger partial charge in [0, 0.05) is 19.8 Å². The number of hydrogen-bond acceptors (Lipinski definition) is 5. The standard InChI is InChI=1S/C16H16ClN3O3/c1-20(16-12(17)7-11(8-19-16)15(18)21)9-10-2-3-13-14(6-10)23-5-4-22-13/h2-3,6-8H,4-5,9H2,1H3,(H2,18,21). The average molecular weight is 334 g/mol. The zero-order valence-electron chi connectivity index (χ0n) is 12.6. The quantitative estimate of drug-likeness (QED) is 0.928. The Kier molecular flexibility index (Phi) is 4.25. The summed E-state index contributed by atoms with van der Waals surface area (Å²) in [5.74, 6) is 1.52. The molecule has 0 unspecified atom stereocenters. The smallest absolute Gasteiger partial charge is 0.250 e. The first-order valence-corrected chi connectivity index (χ1v) is 7.47. The molecule has 120 valence electrons. The lowest BCUT2D eigenvalue weighted by Crippen LogP contribution is -2.20. The third kappa shape index (κ3) is 3.32. The molecule has 23 heavy (non-hydrogen) atoms. The second-order valence-corrected chi connectivity index (χ2v) is 5.63. The van der Waals surface area contributed by atoms with Gasteiger partial charge in [-0.05, 0) is 23.8 Å². The van der Waals surface area contributed by atoms with E-state index in [2.05, 4.69) is 4.98 Å². The molecule has 0 spiro atoms. The molecule has 0 saturated heterocycles. The Morgan fingerprint density at radius 1 is 1.30 bits per heavy atom. The number of nitrogens with two attached hydrogens (primary N) is 1. The van der Waals surface area contributed by atoms with Gasteiger partial charge in [-0.25, -0.2) is 4.98 Å².